The summed E-state index contributed by atoms with van der Waals surface area (Å²) in [5.74, 6) is 0. The molecule has 1 aromatic rings. The smallest absolute Gasteiger partial charge is 0.154 e. The third-order valence-electron chi connectivity index (χ3n) is 3.95. The molecule has 1 heterocycles. The maximum absolute atomic E-state index is 12.1. The van der Waals surface area contributed by atoms with Crippen LogP contribution in [0, 0.1) is 6.92 Å². The van der Waals surface area contributed by atoms with Crippen molar-refractivity contribution in [3.8, 4) is 0 Å². The van der Waals surface area contributed by atoms with Crippen molar-refractivity contribution in [3.63, 3.8) is 0 Å². The lowest BCUT2D eigenvalue weighted by Gasteiger charge is -2.33. The number of nitrogens with one attached hydrogen (secondary N) is 1. The van der Waals surface area contributed by atoms with E-state index in [4.69, 9.17) is 0 Å². The Hall–Kier alpha value is -0.940. The summed E-state index contributed by atoms with van der Waals surface area (Å²) >= 11 is 0. The van der Waals surface area contributed by atoms with Crippen molar-refractivity contribution >= 4 is 9.84 Å². The fourth-order valence-corrected chi connectivity index (χ4v) is 2.75. The van der Waals surface area contributed by atoms with E-state index in [-0.39, 0.29) is 6.04 Å². The summed E-state index contributed by atoms with van der Waals surface area (Å²) in [6.07, 6.45) is 4.65. The summed E-state index contributed by atoms with van der Waals surface area (Å²) in [5.41, 5.74) is 2.05. The molecule has 0 amide bonds. The van der Waals surface area contributed by atoms with Crippen LogP contribution >= 0.6 is 0 Å². The summed E-state index contributed by atoms with van der Waals surface area (Å²) in [6.45, 7) is 8.45. The molecule has 0 saturated heterocycles. The van der Waals surface area contributed by atoms with Gasteiger partial charge >= 0.3 is 0 Å². The molecule has 20 heavy (non-hydrogen) atoms. The Bertz CT molecular complexity index is 539. The van der Waals surface area contributed by atoms with Crippen LogP contribution in [-0.4, -0.2) is 37.0 Å². The first kappa shape index (κ1) is 17.1. The first-order valence-corrected chi connectivity index (χ1v) is 8.92. The number of rotatable bonds is 7. The Morgan fingerprint density at radius 2 is 2.05 bits per heavy atom. The number of hydrogen-bond donors (Lipinski definition) is 1. The maximum Gasteiger partial charge on any atom is 0.154 e. The molecule has 0 aromatic carbocycles. The Morgan fingerprint density at radius 3 is 2.55 bits per heavy atom. The standard InChI is InChI=1S/C15H26N2O2S/c1-6-9-17-14(15(3,4)20(5,18)19)11-13-12(2)8-7-10-16-13/h7-8,10,14,17H,6,9,11H2,1-5H3. The highest BCUT2D eigenvalue weighted by Crippen LogP contribution is 2.23. The van der Waals surface area contributed by atoms with Gasteiger partial charge in [-0.15, -0.1) is 0 Å². The summed E-state index contributed by atoms with van der Waals surface area (Å²) in [4.78, 5) is 4.39. The normalized spacial score (nSPS) is 14.2. The van der Waals surface area contributed by atoms with Crippen LogP contribution < -0.4 is 5.32 Å². The van der Waals surface area contributed by atoms with Crippen molar-refractivity contribution in [2.24, 2.45) is 0 Å². The maximum atomic E-state index is 12.1. The average Bonchev–Trinajstić information content (AvgIpc) is 2.35. The van der Waals surface area contributed by atoms with Gasteiger partial charge in [-0.2, -0.15) is 0 Å². The van der Waals surface area contributed by atoms with E-state index in [0.717, 1.165) is 24.2 Å². The minimum absolute atomic E-state index is 0.147. The molecular formula is C15H26N2O2S. The van der Waals surface area contributed by atoms with Gasteiger partial charge in [0.25, 0.3) is 0 Å². The SMILES string of the molecule is CCCNC(Cc1ncccc1C)C(C)(C)S(C)(=O)=O. The Balaban J connectivity index is 3.05. The van der Waals surface area contributed by atoms with Crippen molar-refractivity contribution in [3.05, 3.63) is 29.6 Å². The average molecular weight is 298 g/mol. The zero-order valence-corrected chi connectivity index (χ0v) is 13.9. The topological polar surface area (TPSA) is 59.1 Å². The summed E-state index contributed by atoms with van der Waals surface area (Å²) in [6, 6.07) is 3.76. The van der Waals surface area contributed by atoms with Crippen LogP contribution in [0.2, 0.25) is 0 Å². The first-order chi connectivity index (χ1) is 9.20. The van der Waals surface area contributed by atoms with Gasteiger partial charge in [-0.25, -0.2) is 8.42 Å². The highest BCUT2D eigenvalue weighted by molar-refractivity contribution is 7.92. The third kappa shape index (κ3) is 4.03. The first-order valence-electron chi connectivity index (χ1n) is 7.03. The predicted molar refractivity (Wildman–Crippen MR) is 83.7 cm³/mol. The molecule has 0 aliphatic heterocycles. The zero-order chi connectivity index (χ0) is 15.4. The van der Waals surface area contributed by atoms with E-state index in [1.165, 1.54) is 6.26 Å². The molecule has 1 unspecified atom stereocenters. The lowest BCUT2D eigenvalue weighted by Crippen LogP contribution is -2.53. The van der Waals surface area contributed by atoms with Gasteiger partial charge in [-0.3, -0.25) is 4.98 Å². The number of sulfone groups is 1. The van der Waals surface area contributed by atoms with Crippen LogP contribution in [-0.2, 0) is 16.3 Å². The largest absolute Gasteiger partial charge is 0.312 e. The molecule has 5 heteroatoms. The fraction of sp³-hybridized carbons (Fsp3) is 0.667. The van der Waals surface area contributed by atoms with Crippen LogP contribution in [0.3, 0.4) is 0 Å². The molecule has 0 bridgehead atoms. The van der Waals surface area contributed by atoms with E-state index in [9.17, 15) is 8.42 Å². The second kappa shape index (κ2) is 6.68. The molecule has 0 spiro atoms. The molecule has 0 saturated carbocycles. The van der Waals surface area contributed by atoms with Crippen LogP contribution in [0.15, 0.2) is 18.3 Å². The van der Waals surface area contributed by atoms with Crippen molar-refractivity contribution in [2.75, 3.05) is 12.8 Å². The quantitative estimate of drug-likeness (QED) is 0.838. The van der Waals surface area contributed by atoms with E-state index < -0.39 is 14.6 Å². The van der Waals surface area contributed by atoms with Gasteiger partial charge in [0.05, 0.1) is 4.75 Å². The highest BCUT2D eigenvalue weighted by atomic mass is 32.2. The van der Waals surface area contributed by atoms with Crippen molar-refractivity contribution in [2.45, 2.75) is 51.3 Å². The van der Waals surface area contributed by atoms with Gasteiger partial charge in [0, 0.05) is 30.6 Å². The molecule has 1 aromatic heterocycles. The van der Waals surface area contributed by atoms with Crippen LogP contribution in [0.25, 0.3) is 0 Å². The number of pyridine rings is 1. The summed E-state index contributed by atoms with van der Waals surface area (Å²) in [5, 5.41) is 3.37. The van der Waals surface area contributed by atoms with Gasteiger partial charge in [0.15, 0.2) is 9.84 Å². The van der Waals surface area contributed by atoms with Crippen LogP contribution in [0.5, 0.6) is 0 Å². The van der Waals surface area contributed by atoms with E-state index >= 15 is 0 Å². The number of aryl methyl sites for hydroxylation is 1. The minimum atomic E-state index is -3.16. The third-order valence-corrected chi connectivity index (χ3v) is 6.15. The molecule has 1 rings (SSSR count). The molecule has 1 atom stereocenters. The van der Waals surface area contributed by atoms with Crippen molar-refractivity contribution in [1.82, 2.24) is 10.3 Å². The van der Waals surface area contributed by atoms with E-state index in [1.807, 2.05) is 19.1 Å². The van der Waals surface area contributed by atoms with Crippen LogP contribution in [0.4, 0.5) is 0 Å². The number of aromatic nitrogens is 1. The monoisotopic (exact) mass is 298 g/mol. The second-order valence-electron chi connectivity index (χ2n) is 5.85. The Labute approximate surface area is 122 Å². The van der Waals surface area contributed by atoms with Gasteiger partial charge in [0.2, 0.25) is 0 Å². The molecule has 114 valence electrons. The summed E-state index contributed by atoms with van der Waals surface area (Å²) < 4.78 is 23.3. The Kier molecular flexibility index (Phi) is 5.71. The van der Waals surface area contributed by atoms with Gasteiger partial charge in [-0.1, -0.05) is 13.0 Å². The highest BCUT2D eigenvalue weighted by Gasteiger charge is 2.38. The van der Waals surface area contributed by atoms with Gasteiger partial charge in [-0.05, 0) is 45.4 Å². The molecular weight excluding hydrogens is 272 g/mol. The second-order valence-corrected chi connectivity index (χ2v) is 8.45. The lowest BCUT2D eigenvalue weighted by atomic mass is 9.96. The van der Waals surface area contributed by atoms with Crippen molar-refractivity contribution in [1.29, 1.82) is 0 Å². The zero-order valence-electron chi connectivity index (χ0n) is 13.1. The lowest BCUT2D eigenvalue weighted by molar-refractivity contribution is 0.403. The Morgan fingerprint density at radius 1 is 1.40 bits per heavy atom. The van der Waals surface area contributed by atoms with Gasteiger partial charge in [0.1, 0.15) is 0 Å². The molecule has 0 aliphatic rings. The van der Waals surface area contributed by atoms with E-state index in [1.54, 1.807) is 20.0 Å². The molecule has 0 fully saturated rings. The van der Waals surface area contributed by atoms with Crippen LogP contribution in [0.1, 0.15) is 38.4 Å². The minimum Gasteiger partial charge on any atom is -0.312 e. The van der Waals surface area contributed by atoms with E-state index in [2.05, 4.69) is 17.2 Å². The number of nitrogens with zero attached hydrogens (tertiary/aromatic N) is 1. The predicted octanol–water partition coefficient (Wildman–Crippen LogP) is 2.12. The summed E-state index contributed by atoms with van der Waals surface area (Å²) in [7, 11) is -3.16. The van der Waals surface area contributed by atoms with Crippen molar-refractivity contribution < 1.29 is 8.42 Å². The fourth-order valence-electron chi connectivity index (χ4n) is 2.07. The van der Waals surface area contributed by atoms with E-state index in [0.29, 0.717) is 6.42 Å². The van der Waals surface area contributed by atoms with Gasteiger partial charge < -0.3 is 5.32 Å². The molecule has 0 radical (unpaired) electrons. The molecule has 1 N–H and O–H groups in total. The number of hydrogen-bond acceptors (Lipinski definition) is 4. The molecule has 0 aliphatic carbocycles. The molecule has 4 nitrogen and oxygen atoms in total.